The second-order valence-electron chi connectivity index (χ2n) is 1.05. The van der Waals surface area contributed by atoms with Gasteiger partial charge in [-0.1, -0.05) is 6.08 Å². The summed E-state index contributed by atoms with van der Waals surface area (Å²) in [5.41, 5.74) is 5.44. The summed E-state index contributed by atoms with van der Waals surface area (Å²) in [4.78, 5) is 0. The fourth-order valence-corrected chi connectivity index (χ4v) is 0.321. The minimum absolute atomic E-state index is 0.896. The average Bonchev–Trinajstić information content (AvgIpc) is 1.72. The molecule has 0 atom stereocenters. The molecule has 6 heavy (non-hydrogen) atoms. The van der Waals surface area contributed by atoms with Gasteiger partial charge in [-0.3, -0.25) is 0 Å². The minimum Gasteiger partial charge on any atom is -0.328 e. The van der Waals surface area contributed by atoms with Crippen molar-refractivity contribution >= 4 is 0 Å². The minimum atomic E-state index is 0.896. The zero-order valence-corrected chi connectivity index (χ0v) is 3.36. The Morgan fingerprint density at radius 2 is 2.67 bits per heavy atom. The van der Waals surface area contributed by atoms with E-state index in [-0.39, 0.29) is 0 Å². The molecule has 0 saturated carbocycles. The molecule has 1 heterocycles. The van der Waals surface area contributed by atoms with Crippen LogP contribution < -0.4 is 10.9 Å². The quantitative estimate of drug-likeness (QED) is 0.431. The van der Waals surface area contributed by atoms with Gasteiger partial charge >= 0.3 is 0 Å². The van der Waals surface area contributed by atoms with Crippen LogP contribution in [0.3, 0.4) is 0 Å². The highest BCUT2D eigenvalue weighted by Crippen LogP contribution is 1.85. The van der Waals surface area contributed by atoms with Gasteiger partial charge in [-0.15, -0.1) is 0 Å². The lowest BCUT2D eigenvalue weighted by Crippen LogP contribution is -2.25. The van der Waals surface area contributed by atoms with Crippen LogP contribution in [0.4, 0.5) is 0 Å². The van der Waals surface area contributed by atoms with Gasteiger partial charge in [-0.2, -0.15) is 0 Å². The molecule has 32 valence electrons. The molecule has 0 aromatic heterocycles. The zero-order valence-electron chi connectivity index (χ0n) is 3.36. The van der Waals surface area contributed by atoms with Crippen molar-refractivity contribution in [3.63, 3.8) is 0 Å². The third-order valence-electron chi connectivity index (χ3n) is 0.582. The monoisotopic (exact) mass is 82.1 g/mol. The summed E-state index contributed by atoms with van der Waals surface area (Å²) in [6.07, 6.45) is 4.72. The zero-order chi connectivity index (χ0) is 4.24. The van der Waals surface area contributed by atoms with Gasteiger partial charge in [0.15, 0.2) is 0 Å². The second kappa shape index (κ2) is 1.82. The number of hydrazine groups is 1. The van der Waals surface area contributed by atoms with Crippen molar-refractivity contribution in [2.45, 2.75) is 6.42 Å². The summed E-state index contributed by atoms with van der Waals surface area (Å²) in [6.45, 7) is 2.84. The smallest absolute Gasteiger partial charge is 0.0847 e. The van der Waals surface area contributed by atoms with Crippen molar-refractivity contribution in [2.75, 3.05) is 0 Å². The van der Waals surface area contributed by atoms with Gasteiger partial charge in [0.05, 0.1) is 6.54 Å². The summed E-state index contributed by atoms with van der Waals surface area (Å²) < 4.78 is 0. The molecule has 0 amide bonds. The van der Waals surface area contributed by atoms with Crippen molar-refractivity contribution in [1.29, 1.82) is 0 Å². The first kappa shape index (κ1) is 3.68. The molecule has 0 aromatic rings. The third kappa shape index (κ3) is 0.723. The number of nitrogens with one attached hydrogen (secondary N) is 2. The maximum atomic E-state index is 2.84. The molecule has 2 heteroatoms. The molecule has 0 aliphatic carbocycles. The highest BCUT2D eigenvalue weighted by atomic mass is 15.3. The Morgan fingerprint density at radius 3 is 2.83 bits per heavy atom. The van der Waals surface area contributed by atoms with Gasteiger partial charge in [0.1, 0.15) is 0 Å². The van der Waals surface area contributed by atoms with Crippen LogP contribution in [0.2, 0.25) is 0 Å². The van der Waals surface area contributed by atoms with Crippen LogP contribution in [0.15, 0.2) is 12.3 Å². The van der Waals surface area contributed by atoms with Gasteiger partial charge < -0.3 is 5.43 Å². The fourth-order valence-electron chi connectivity index (χ4n) is 0.321. The van der Waals surface area contributed by atoms with E-state index in [1.165, 1.54) is 0 Å². The van der Waals surface area contributed by atoms with Gasteiger partial charge in [-0.25, -0.2) is 5.43 Å². The molecular weight excluding hydrogens is 76.1 g/mol. The van der Waals surface area contributed by atoms with Crippen LogP contribution in [0.1, 0.15) is 6.42 Å². The third-order valence-corrected chi connectivity index (χ3v) is 0.582. The van der Waals surface area contributed by atoms with Crippen LogP contribution in [0, 0.1) is 6.54 Å². The van der Waals surface area contributed by atoms with Crippen LogP contribution in [-0.4, -0.2) is 0 Å². The van der Waals surface area contributed by atoms with Gasteiger partial charge in [0.25, 0.3) is 0 Å². The molecule has 2 nitrogen and oxygen atoms in total. The highest BCUT2D eigenvalue weighted by molar-refractivity contribution is 4.87. The standard InChI is InChI=1S/C4H6N2/c1-2-4-6-5-3-1/h1,3,5-6H,2H2. The Hall–Kier alpha value is -0.500. The van der Waals surface area contributed by atoms with E-state index in [0.717, 1.165) is 6.42 Å². The number of rotatable bonds is 0. The Labute approximate surface area is 37.2 Å². The molecular formula is C4H6N2. The van der Waals surface area contributed by atoms with E-state index in [9.17, 15) is 0 Å². The molecule has 2 radical (unpaired) electrons. The van der Waals surface area contributed by atoms with Gasteiger partial charge in [0, 0.05) is 6.20 Å². The van der Waals surface area contributed by atoms with Crippen molar-refractivity contribution in [3.05, 3.63) is 18.8 Å². The predicted octanol–water partition coefficient (Wildman–Crippen LogP) is 0.0368. The lowest BCUT2D eigenvalue weighted by Gasteiger charge is -2.03. The molecule has 1 rings (SSSR count). The highest BCUT2D eigenvalue weighted by Gasteiger charge is 1.84. The fraction of sp³-hybridized carbons (Fsp3) is 0.250. The molecule has 0 bridgehead atoms. The first-order valence-electron chi connectivity index (χ1n) is 1.88. The SMILES string of the molecule is [C]1CC=CNN1. The predicted molar refractivity (Wildman–Crippen MR) is 23.3 cm³/mol. The first-order chi connectivity index (χ1) is 3.00. The Morgan fingerprint density at radius 1 is 1.67 bits per heavy atom. The van der Waals surface area contributed by atoms with Crippen LogP contribution >= 0.6 is 0 Å². The van der Waals surface area contributed by atoms with Crippen LogP contribution in [0.5, 0.6) is 0 Å². The lowest BCUT2D eigenvalue weighted by atomic mass is 10.4. The van der Waals surface area contributed by atoms with E-state index >= 15 is 0 Å². The van der Waals surface area contributed by atoms with E-state index in [1.807, 2.05) is 12.3 Å². The lowest BCUT2D eigenvalue weighted by molar-refractivity contribution is 0.678. The Kier molecular flexibility index (Phi) is 1.12. The molecule has 0 fully saturated rings. The molecule has 2 N–H and O–H groups in total. The Bertz CT molecular complexity index is 50.6. The molecule has 0 unspecified atom stereocenters. The molecule has 0 saturated heterocycles. The van der Waals surface area contributed by atoms with Crippen molar-refractivity contribution in [3.8, 4) is 0 Å². The average molecular weight is 82.1 g/mol. The van der Waals surface area contributed by atoms with E-state index in [4.69, 9.17) is 0 Å². The molecule has 0 spiro atoms. The molecule has 1 aliphatic rings. The summed E-state index contributed by atoms with van der Waals surface area (Å²) in [7, 11) is 0. The number of hydrogen-bond acceptors (Lipinski definition) is 2. The maximum absolute atomic E-state index is 2.84. The summed E-state index contributed by atoms with van der Waals surface area (Å²) in [5, 5.41) is 0. The summed E-state index contributed by atoms with van der Waals surface area (Å²) >= 11 is 0. The van der Waals surface area contributed by atoms with E-state index in [2.05, 4.69) is 17.4 Å². The largest absolute Gasteiger partial charge is 0.328 e. The van der Waals surface area contributed by atoms with Gasteiger partial charge in [0.2, 0.25) is 0 Å². The maximum Gasteiger partial charge on any atom is 0.0847 e. The van der Waals surface area contributed by atoms with Crippen molar-refractivity contribution < 1.29 is 0 Å². The number of hydrogen-bond donors (Lipinski definition) is 2. The molecule has 0 aromatic carbocycles. The van der Waals surface area contributed by atoms with E-state index in [1.54, 1.807) is 0 Å². The van der Waals surface area contributed by atoms with Crippen LogP contribution in [0.25, 0.3) is 0 Å². The van der Waals surface area contributed by atoms with Crippen LogP contribution in [-0.2, 0) is 0 Å². The Balaban J connectivity index is 2.26. The summed E-state index contributed by atoms with van der Waals surface area (Å²) in [5.74, 6) is 0. The summed E-state index contributed by atoms with van der Waals surface area (Å²) in [6, 6.07) is 0. The van der Waals surface area contributed by atoms with E-state index < -0.39 is 0 Å². The first-order valence-corrected chi connectivity index (χ1v) is 1.88. The van der Waals surface area contributed by atoms with Gasteiger partial charge in [-0.05, 0) is 6.42 Å². The molecule has 1 aliphatic heterocycles. The van der Waals surface area contributed by atoms with Crippen molar-refractivity contribution in [2.24, 2.45) is 0 Å². The van der Waals surface area contributed by atoms with E-state index in [0.29, 0.717) is 0 Å². The topological polar surface area (TPSA) is 24.1 Å². The second-order valence-corrected chi connectivity index (χ2v) is 1.05. The normalized spacial score (nSPS) is 20.0. The van der Waals surface area contributed by atoms with Crippen molar-refractivity contribution in [1.82, 2.24) is 10.9 Å².